The van der Waals surface area contributed by atoms with Gasteiger partial charge in [0.25, 0.3) is 5.91 Å². The number of ether oxygens (including phenoxy) is 2. The number of hydrogen-bond acceptors (Lipinski definition) is 7. The van der Waals surface area contributed by atoms with Crippen LogP contribution >= 0.6 is 22.6 Å². The van der Waals surface area contributed by atoms with Crippen molar-refractivity contribution in [1.29, 1.82) is 0 Å². The molecule has 0 saturated carbocycles. The maximum atomic E-state index is 14.5. The molecule has 6 rings (SSSR count). The fraction of sp³-hybridized carbons (Fsp3) is 0.419. The highest BCUT2D eigenvalue weighted by atomic mass is 127. The quantitative estimate of drug-likeness (QED) is 0.140. The fourth-order valence-corrected chi connectivity index (χ4v) is 9.01. The summed E-state index contributed by atoms with van der Waals surface area (Å²) in [6.45, 7) is 15.0. The van der Waals surface area contributed by atoms with Crippen LogP contribution in [0, 0.1) is 29.3 Å². The van der Waals surface area contributed by atoms with Crippen LogP contribution in [0.5, 0.6) is 0 Å². The van der Waals surface area contributed by atoms with E-state index in [1.807, 2.05) is 37.3 Å². The third-order valence-electron chi connectivity index (χ3n) is 11.5. The maximum absolute atomic E-state index is 14.5. The first-order valence-electron chi connectivity index (χ1n) is 18.7. The first-order chi connectivity index (χ1) is 25.9. The summed E-state index contributed by atoms with van der Waals surface area (Å²) in [5, 5.41) is 3.17. The molecule has 0 radical (unpaired) electrons. The minimum atomic E-state index is -0.641. The van der Waals surface area contributed by atoms with E-state index in [2.05, 4.69) is 78.2 Å². The van der Waals surface area contributed by atoms with Crippen molar-refractivity contribution >= 4 is 64.0 Å². The number of halogens is 1. The minimum absolute atomic E-state index is 0.0453. The Kier molecular flexibility index (Phi) is 11.9. The van der Waals surface area contributed by atoms with Gasteiger partial charge in [-0.25, -0.2) is 0 Å². The summed E-state index contributed by atoms with van der Waals surface area (Å²) >= 11 is 2.27. The van der Waals surface area contributed by atoms with Gasteiger partial charge in [-0.15, -0.1) is 0 Å². The summed E-state index contributed by atoms with van der Waals surface area (Å²) in [7, 11) is 2.76. The number of aliphatic imine (C=N–C) groups is 2. The molecule has 3 aromatic rings. The lowest BCUT2D eigenvalue weighted by molar-refractivity contribution is -0.141. The van der Waals surface area contributed by atoms with Crippen molar-refractivity contribution in [2.24, 2.45) is 21.8 Å². The number of methoxy groups -OCH3 is 2. The first kappa shape index (κ1) is 39.2. The average molecular weight is 844 g/mol. The van der Waals surface area contributed by atoms with E-state index in [-0.39, 0.29) is 42.6 Å². The number of nitrogens with one attached hydrogen (secondary N) is 3. The number of aromatic nitrogens is 2. The molecule has 10 nitrogen and oxygen atoms in total. The number of H-pyrrole nitrogens is 2. The van der Waals surface area contributed by atoms with Crippen LogP contribution in [0.25, 0.3) is 12.2 Å². The van der Waals surface area contributed by atoms with E-state index in [1.165, 1.54) is 25.4 Å². The van der Waals surface area contributed by atoms with Crippen LogP contribution in [-0.4, -0.2) is 59.5 Å². The number of nitrogens with zero attached hydrogens (tertiary/aromatic N) is 2. The monoisotopic (exact) mass is 843 g/mol. The van der Waals surface area contributed by atoms with Crippen LogP contribution in [0.1, 0.15) is 108 Å². The van der Waals surface area contributed by atoms with Crippen LogP contribution in [0.2, 0.25) is 0 Å². The van der Waals surface area contributed by atoms with E-state index in [0.717, 1.165) is 66.4 Å². The van der Waals surface area contributed by atoms with Gasteiger partial charge in [0, 0.05) is 87.0 Å². The van der Waals surface area contributed by atoms with E-state index in [9.17, 15) is 14.4 Å². The predicted octanol–water partition coefficient (Wildman–Crippen LogP) is 8.13. The number of esters is 2. The smallest absolute Gasteiger partial charge is 0.306 e. The number of rotatable bonds is 10. The van der Waals surface area contributed by atoms with E-state index in [0.29, 0.717) is 37.1 Å². The van der Waals surface area contributed by atoms with E-state index >= 15 is 0 Å². The number of amides is 1. The third-order valence-corrected chi connectivity index (χ3v) is 12.2. The normalized spacial score (nSPS) is 20.6. The van der Waals surface area contributed by atoms with Gasteiger partial charge in [0.2, 0.25) is 0 Å². The van der Waals surface area contributed by atoms with Crippen LogP contribution in [-0.2, 0) is 38.4 Å². The Bertz CT molecular complexity index is 2130. The van der Waals surface area contributed by atoms with Gasteiger partial charge in [0.05, 0.1) is 32.2 Å². The zero-order chi connectivity index (χ0) is 38.8. The molecule has 8 bridgehead atoms. The molecule has 2 unspecified atom stereocenters. The second-order valence-corrected chi connectivity index (χ2v) is 15.8. The minimum Gasteiger partial charge on any atom is -0.469 e. The van der Waals surface area contributed by atoms with Crippen molar-refractivity contribution in [1.82, 2.24) is 15.3 Å². The Morgan fingerprint density at radius 1 is 1.07 bits per heavy atom. The van der Waals surface area contributed by atoms with E-state index < -0.39 is 11.9 Å². The molecule has 0 spiro atoms. The number of hydrogen-bond donors (Lipinski definition) is 3. The Labute approximate surface area is 331 Å². The van der Waals surface area contributed by atoms with Crippen LogP contribution < -0.4 is 5.32 Å². The summed E-state index contributed by atoms with van der Waals surface area (Å²) in [6, 6.07) is 7.97. The maximum Gasteiger partial charge on any atom is 0.306 e. The van der Waals surface area contributed by atoms with E-state index in [4.69, 9.17) is 19.5 Å². The van der Waals surface area contributed by atoms with Gasteiger partial charge < -0.3 is 24.8 Å². The van der Waals surface area contributed by atoms with Crippen molar-refractivity contribution in [2.45, 2.75) is 91.6 Å². The summed E-state index contributed by atoms with van der Waals surface area (Å²) in [5.74, 6) is -1.96. The molecule has 3 N–H and O–H groups in total. The third kappa shape index (κ3) is 7.69. The lowest BCUT2D eigenvalue weighted by Crippen LogP contribution is -2.29. The highest BCUT2D eigenvalue weighted by Gasteiger charge is 2.41. The lowest BCUT2D eigenvalue weighted by atomic mass is 9.79. The largest absolute Gasteiger partial charge is 0.469 e. The van der Waals surface area contributed by atoms with Crippen molar-refractivity contribution in [3.8, 4) is 0 Å². The summed E-state index contributed by atoms with van der Waals surface area (Å²) in [5.41, 5.74) is 12.9. The Morgan fingerprint density at radius 2 is 1.83 bits per heavy atom. The molecule has 4 atom stereocenters. The number of allylic oxidation sites excluding steroid dienone is 2. The van der Waals surface area contributed by atoms with Crippen LogP contribution in [0.15, 0.2) is 57.7 Å². The molecular weight excluding hydrogens is 793 g/mol. The molecule has 1 amide bonds. The van der Waals surface area contributed by atoms with Crippen molar-refractivity contribution in [2.75, 3.05) is 14.2 Å². The second-order valence-electron chi connectivity index (χ2n) is 14.5. The molecule has 0 fully saturated rings. The molecule has 3 aliphatic rings. The average Bonchev–Trinajstić information content (AvgIpc) is 3.84. The summed E-state index contributed by atoms with van der Waals surface area (Å²) in [4.78, 5) is 58.4. The van der Waals surface area contributed by atoms with Gasteiger partial charge in [-0.1, -0.05) is 38.6 Å². The highest BCUT2D eigenvalue weighted by Crippen LogP contribution is 2.43. The molecule has 5 heterocycles. The standard InChI is InChI=1S/C43H50IN5O5/c1-9-28-22(3)32-18-34-24(5)30(14-15-38(50)53-7)41(48-34)31(17-39(51)54-8)42-40(43(52)45-21-26-12-11-13-27(44)16-26)25(6)35(49-42)20-37-29(10-2)23(4)33(47-37)19-36(28)46-32/h9,11-13,16,18,24,30-31,33,46,49H,1,10,14-15,17,19-21H2,2-8H3,(H,45,52)/t24-,30-,31?,33?/m0/s1. The fourth-order valence-electron chi connectivity index (χ4n) is 8.40. The van der Waals surface area contributed by atoms with Gasteiger partial charge in [0.15, 0.2) is 0 Å². The molecule has 54 heavy (non-hydrogen) atoms. The number of fused-ring (bicyclic) bond motifs is 6. The van der Waals surface area contributed by atoms with Crippen LogP contribution in [0.3, 0.4) is 0 Å². The molecule has 2 aromatic heterocycles. The first-order valence-corrected chi connectivity index (χ1v) is 19.7. The van der Waals surface area contributed by atoms with Gasteiger partial charge in [-0.2, -0.15) is 0 Å². The zero-order valence-corrected chi connectivity index (χ0v) is 34.4. The van der Waals surface area contributed by atoms with Gasteiger partial charge in [-0.05, 0) is 108 Å². The van der Waals surface area contributed by atoms with Crippen LogP contribution in [0.4, 0.5) is 0 Å². The van der Waals surface area contributed by atoms with Crippen molar-refractivity contribution < 1.29 is 23.9 Å². The number of carbonyl (C=O) groups is 3. The number of benzene rings is 1. The molecule has 1 aromatic carbocycles. The van der Waals surface area contributed by atoms with Crippen molar-refractivity contribution in [3.63, 3.8) is 0 Å². The molecular formula is C43H50IN5O5. The number of aromatic amines is 2. The highest BCUT2D eigenvalue weighted by molar-refractivity contribution is 14.1. The van der Waals surface area contributed by atoms with E-state index in [1.54, 1.807) is 0 Å². The SMILES string of the molecule is C=Cc1c2[nH]c(c1C)C=C1N=C(C(CC(=O)OC)c3[nH]c(c(C)c3C(=O)NCc3cccc(I)c3)CC3=NC(C2)C(C)=C3CC)[C@@H](CCC(=O)OC)[C@@H]1C. The molecule has 11 heteroatoms. The topological polar surface area (TPSA) is 138 Å². The zero-order valence-electron chi connectivity index (χ0n) is 32.2. The molecule has 0 aliphatic carbocycles. The molecule has 3 aliphatic heterocycles. The predicted molar refractivity (Wildman–Crippen MR) is 222 cm³/mol. The Balaban J connectivity index is 1.58. The Hall–Kier alpha value is -4.52. The summed E-state index contributed by atoms with van der Waals surface area (Å²) < 4.78 is 11.4. The molecule has 284 valence electrons. The molecule has 0 saturated heterocycles. The second kappa shape index (κ2) is 16.5. The van der Waals surface area contributed by atoms with Gasteiger partial charge >= 0.3 is 11.9 Å². The number of carbonyl (C=O) groups excluding carboxylic acids is 3. The lowest BCUT2D eigenvalue weighted by Gasteiger charge is -2.24. The Morgan fingerprint density at radius 3 is 2.52 bits per heavy atom. The van der Waals surface area contributed by atoms with Gasteiger partial charge in [-0.3, -0.25) is 24.4 Å². The van der Waals surface area contributed by atoms with Gasteiger partial charge in [0.1, 0.15) is 0 Å². The van der Waals surface area contributed by atoms with Crippen molar-refractivity contribution in [3.05, 3.63) is 102 Å². The summed E-state index contributed by atoms with van der Waals surface area (Å²) in [6.07, 6.45) is 6.59.